The highest BCUT2D eigenvalue weighted by atomic mass is 16.2. The second-order valence-corrected chi connectivity index (χ2v) is 7.92. The van der Waals surface area contributed by atoms with E-state index in [2.05, 4.69) is 20.2 Å². The van der Waals surface area contributed by atoms with Gasteiger partial charge in [0.15, 0.2) is 6.67 Å². The molecular formula is C21H27N6O2+. The summed E-state index contributed by atoms with van der Waals surface area (Å²) in [7, 11) is 0. The maximum atomic E-state index is 13.0. The Morgan fingerprint density at radius 3 is 2.45 bits per heavy atom. The lowest BCUT2D eigenvalue weighted by Gasteiger charge is -2.33. The van der Waals surface area contributed by atoms with Gasteiger partial charge in [-0.25, -0.2) is 19.7 Å². The summed E-state index contributed by atoms with van der Waals surface area (Å²) in [5.74, 6) is 0.606. The summed E-state index contributed by atoms with van der Waals surface area (Å²) in [5.41, 5.74) is 0.325. The SMILES string of the molecule is C[C@@]1(CCc2ccccc2)NC(=O)N(C[NH+]2CCN(c3ncccn3)CC2)C1=O. The maximum Gasteiger partial charge on any atom is 0.329 e. The summed E-state index contributed by atoms with van der Waals surface area (Å²) >= 11 is 0. The van der Waals surface area contributed by atoms with Crippen molar-refractivity contribution in [1.29, 1.82) is 0 Å². The Kier molecular flexibility index (Phi) is 5.44. The van der Waals surface area contributed by atoms with Crippen molar-refractivity contribution in [3.05, 3.63) is 54.4 Å². The number of carbonyl (C=O) groups is 2. The van der Waals surface area contributed by atoms with E-state index in [-0.39, 0.29) is 11.9 Å². The molecule has 2 N–H and O–H groups in total. The monoisotopic (exact) mass is 395 g/mol. The van der Waals surface area contributed by atoms with E-state index in [0.29, 0.717) is 13.1 Å². The van der Waals surface area contributed by atoms with E-state index in [1.54, 1.807) is 18.5 Å². The predicted molar refractivity (Wildman–Crippen MR) is 108 cm³/mol. The summed E-state index contributed by atoms with van der Waals surface area (Å²) in [4.78, 5) is 38.9. The van der Waals surface area contributed by atoms with Gasteiger partial charge in [0, 0.05) is 12.4 Å². The van der Waals surface area contributed by atoms with Crippen molar-refractivity contribution in [3.8, 4) is 0 Å². The van der Waals surface area contributed by atoms with Crippen LogP contribution in [0.25, 0.3) is 0 Å². The van der Waals surface area contributed by atoms with Crippen molar-refractivity contribution in [2.75, 3.05) is 37.7 Å². The number of aromatic nitrogens is 2. The number of quaternary nitrogens is 1. The van der Waals surface area contributed by atoms with Crippen LogP contribution in [0.5, 0.6) is 0 Å². The van der Waals surface area contributed by atoms with Gasteiger partial charge in [0.2, 0.25) is 5.95 Å². The number of hydrogen-bond donors (Lipinski definition) is 2. The van der Waals surface area contributed by atoms with Gasteiger partial charge in [-0.15, -0.1) is 0 Å². The Labute approximate surface area is 170 Å². The normalized spacial score (nSPS) is 22.8. The molecule has 1 aromatic heterocycles. The van der Waals surface area contributed by atoms with Gasteiger partial charge in [-0.2, -0.15) is 0 Å². The molecule has 2 saturated heterocycles. The molecule has 1 aromatic carbocycles. The fourth-order valence-electron chi connectivity index (χ4n) is 3.96. The number of benzene rings is 1. The van der Waals surface area contributed by atoms with Gasteiger partial charge in [0.05, 0.1) is 26.2 Å². The molecule has 0 radical (unpaired) electrons. The minimum atomic E-state index is -0.841. The third kappa shape index (κ3) is 4.22. The van der Waals surface area contributed by atoms with Gasteiger partial charge in [-0.1, -0.05) is 30.3 Å². The number of rotatable bonds is 6. The summed E-state index contributed by atoms with van der Waals surface area (Å²) in [6, 6.07) is 11.6. The van der Waals surface area contributed by atoms with E-state index in [4.69, 9.17) is 0 Å². The van der Waals surface area contributed by atoms with E-state index >= 15 is 0 Å². The minimum Gasteiger partial charge on any atom is -0.330 e. The molecule has 2 aliphatic rings. The number of hydrogen-bond acceptors (Lipinski definition) is 5. The minimum absolute atomic E-state index is 0.125. The van der Waals surface area contributed by atoms with Gasteiger partial charge < -0.3 is 15.1 Å². The Morgan fingerprint density at radius 1 is 1.07 bits per heavy atom. The van der Waals surface area contributed by atoms with Crippen LogP contribution >= 0.6 is 0 Å². The zero-order valence-electron chi connectivity index (χ0n) is 16.7. The number of aryl methyl sites for hydroxylation is 1. The van der Waals surface area contributed by atoms with Gasteiger partial charge >= 0.3 is 6.03 Å². The first-order valence-corrected chi connectivity index (χ1v) is 10.1. The van der Waals surface area contributed by atoms with Crippen molar-refractivity contribution in [1.82, 2.24) is 20.2 Å². The quantitative estimate of drug-likeness (QED) is 0.677. The van der Waals surface area contributed by atoms with Crippen molar-refractivity contribution >= 4 is 17.9 Å². The fourth-order valence-corrected chi connectivity index (χ4v) is 3.96. The molecule has 8 nitrogen and oxygen atoms in total. The molecule has 0 saturated carbocycles. The van der Waals surface area contributed by atoms with Gasteiger partial charge in [0.25, 0.3) is 5.91 Å². The standard InChI is InChI=1S/C21H26N6O2/c1-21(9-8-17-6-3-2-4-7-17)18(28)27(20(29)24-21)16-25-12-14-26(15-13-25)19-22-10-5-11-23-19/h2-7,10-11H,8-9,12-16H2,1H3,(H,24,29)/p+1/t21-/m0/s1. The number of piperazine rings is 1. The molecule has 1 atom stereocenters. The lowest BCUT2D eigenvalue weighted by Crippen LogP contribution is -3.16. The number of nitrogens with one attached hydrogen (secondary N) is 2. The molecule has 8 heteroatoms. The molecule has 0 spiro atoms. The fraction of sp³-hybridized carbons (Fsp3) is 0.429. The number of carbonyl (C=O) groups excluding carboxylic acids is 2. The second kappa shape index (κ2) is 8.16. The van der Waals surface area contributed by atoms with E-state index in [1.165, 1.54) is 15.4 Å². The Balaban J connectivity index is 1.32. The predicted octanol–water partition coefficient (Wildman–Crippen LogP) is 0.0823. The summed E-state index contributed by atoms with van der Waals surface area (Å²) in [6.07, 6.45) is 4.82. The molecule has 4 rings (SSSR count). The molecule has 0 aliphatic carbocycles. The number of urea groups is 1. The van der Waals surface area contributed by atoms with Crippen LogP contribution in [0.15, 0.2) is 48.8 Å². The zero-order chi connectivity index (χ0) is 20.3. The molecule has 152 valence electrons. The number of anilines is 1. The van der Waals surface area contributed by atoms with Crippen LogP contribution in [-0.4, -0.2) is 65.2 Å². The molecule has 0 unspecified atom stereocenters. The van der Waals surface area contributed by atoms with Gasteiger partial charge in [-0.3, -0.25) is 4.79 Å². The van der Waals surface area contributed by atoms with Crippen LogP contribution in [0.3, 0.4) is 0 Å². The number of amides is 3. The Bertz CT molecular complexity index is 854. The van der Waals surface area contributed by atoms with Crippen LogP contribution in [0.1, 0.15) is 18.9 Å². The largest absolute Gasteiger partial charge is 0.330 e. The van der Waals surface area contributed by atoms with E-state index < -0.39 is 5.54 Å². The summed E-state index contributed by atoms with van der Waals surface area (Å²) in [6.45, 7) is 5.49. The van der Waals surface area contributed by atoms with Gasteiger partial charge in [0.1, 0.15) is 5.54 Å². The third-order valence-electron chi connectivity index (χ3n) is 5.79. The van der Waals surface area contributed by atoms with E-state index in [1.807, 2.05) is 37.3 Å². The van der Waals surface area contributed by atoms with Crippen LogP contribution in [-0.2, 0) is 11.2 Å². The number of nitrogens with zero attached hydrogens (tertiary/aromatic N) is 4. The van der Waals surface area contributed by atoms with Crippen LogP contribution < -0.4 is 15.1 Å². The second-order valence-electron chi connectivity index (χ2n) is 7.92. The molecule has 3 heterocycles. The summed E-state index contributed by atoms with van der Waals surface area (Å²) in [5, 5.41) is 2.92. The first-order valence-electron chi connectivity index (χ1n) is 10.1. The third-order valence-corrected chi connectivity index (χ3v) is 5.79. The lowest BCUT2D eigenvalue weighted by atomic mass is 9.93. The highest BCUT2D eigenvalue weighted by molar-refractivity contribution is 6.06. The van der Waals surface area contributed by atoms with Crippen LogP contribution in [0, 0.1) is 0 Å². The average Bonchev–Trinajstić information content (AvgIpc) is 2.97. The highest BCUT2D eigenvalue weighted by Gasteiger charge is 2.48. The first kappa shape index (κ1) is 19.3. The molecule has 2 fully saturated rings. The van der Waals surface area contributed by atoms with E-state index in [0.717, 1.165) is 38.5 Å². The van der Waals surface area contributed by atoms with Crippen molar-refractivity contribution in [2.24, 2.45) is 0 Å². The van der Waals surface area contributed by atoms with Crippen LogP contribution in [0.2, 0.25) is 0 Å². The molecule has 0 bridgehead atoms. The molecule has 2 aliphatic heterocycles. The average molecular weight is 395 g/mol. The van der Waals surface area contributed by atoms with Gasteiger partial charge in [-0.05, 0) is 31.4 Å². The highest BCUT2D eigenvalue weighted by Crippen LogP contribution is 2.22. The van der Waals surface area contributed by atoms with Crippen molar-refractivity contribution in [2.45, 2.75) is 25.3 Å². The Hall–Kier alpha value is -3.00. The van der Waals surface area contributed by atoms with Crippen molar-refractivity contribution < 1.29 is 14.5 Å². The topological polar surface area (TPSA) is 82.9 Å². The smallest absolute Gasteiger partial charge is 0.329 e. The molecule has 2 aromatic rings. The van der Waals surface area contributed by atoms with Crippen molar-refractivity contribution in [3.63, 3.8) is 0 Å². The molecule has 3 amide bonds. The Morgan fingerprint density at radius 2 is 1.76 bits per heavy atom. The molecule has 29 heavy (non-hydrogen) atoms. The summed E-state index contributed by atoms with van der Waals surface area (Å²) < 4.78 is 0. The van der Waals surface area contributed by atoms with Crippen LogP contribution in [0.4, 0.5) is 10.7 Å². The molecular weight excluding hydrogens is 368 g/mol. The zero-order valence-corrected chi connectivity index (χ0v) is 16.7. The first-order chi connectivity index (χ1) is 14.0. The maximum absolute atomic E-state index is 13.0. The number of imide groups is 1. The lowest BCUT2D eigenvalue weighted by molar-refractivity contribution is -0.907. The van der Waals surface area contributed by atoms with E-state index in [9.17, 15) is 9.59 Å².